The molecule has 1 aromatic heterocycles. The molecule has 8 heteroatoms. The van der Waals surface area contributed by atoms with E-state index >= 15 is 0 Å². The second-order valence-corrected chi connectivity index (χ2v) is 9.17. The molecular weight excluding hydrogens is 414 g/mol. The maximum atomic E-state index is 12.3. The van der Waals surface area contributed by atoms with Gasteiger partial charge < -0.3 is 9.88 Å². The number of hydrogen-bond acceptors (Lipinski definition) is 6. The molecule has 3 aromatic rings. The lowest BCUT2D eigenvalue weighted by atomic mass is 9.91. The molecular formula is C23H23N3O4S. The van der Waals surface area contributed by atoms with Crippen LogP contribution in [-0.2, 0) is 4.79 Å². The van der Waals surface area contributed by atoms with Crippen molar-refractivity contribution in [3.63, 3.8) is 0 Å². The Morgan fingerprint density at radius 3 is 2.45 bits per heavy atom. The normalized spacial score (nSPS) is 12.8. The smallest absolute Gasteiger partial charge is 0.293 e. The number of nitrogens with zero attached hydrogens (tertiary/aromatic N) is 2. The van der Waals surface area contributed by atoms with E-state index in [1.807, 2.05) is 30.3 Å². The Labute approximate surface area is 183 Å². The third-order valence-corrected chi connectivity index (χ3v) is 5.64. The lowest BCUT2D eigenvalue weighted by Gasteiger charge is -2.19. The maximum Gasteiger partial charge on any atom is 0.293 e. The molecule has 0 saturated heterocycles. The number of carbonyl (C=O) groups is 1. The van der Waals surface area contributed by atoms with Crippen LogP contribution in [0.15, 0.2) is 53.3 Å². The second-order valence-electron chi connectivity index (χ2n) is 8.09. The van der Waals surface area contributed by atoms with Gasteiger partial charge in [-0.1, -0.05) is 45.0 Å². The van der Waals surface area contributed by atoms with Gasteiger partial charge in [-0.2, -0.15) is 0 Å². The molecule has 0 aliphatic rings. The summed E-state index contributed by atoms with van der Waals surface area (Å²) >= 11 is 1.14. The third kappa shape index (κ3) is 5.16. The van der Waals surface area contributed by atoms with E-state index in [-0.39, 0.29) is 17.0 Å². The zero-order chi connectivity index (χ0) is 22.8. The Hall–Kier alpha value is -3.52. The maximum absolute atomic E-state index is 12.3. The highest BCUT2D eigenvalue weighted by atomic mass is 32.1. The number of H-pyrrole nitrogens is 1. The highest BCUT2D eigenvalue weighted by Gasteiger charge is 2.20. The predicted molar refractivity (Wildman–Crippen MR) is 124 cm³/mol. The number of hydrogen-bond donors (Lipinski definition) is 1. The average Bonchev–Trinajstić information content (AvgIpc) is 3.06. The molecule has 3 rings (SSSR count). The molecule has 160 valence electrons. The zero-order valence-electron chi connectivity index (χ0n) is 17.7. The molecule has 0 aliphatic heterocycles. The van der Waals surface area contributed by atoms with E-state index in [1.54, 1.807) is 50.9 Å². The fourth-order valence-corrected chi connectivity index (χ4v) is 3.75. The van der Waals surface area contributed by atoms with Crippen LogP contribution >= 0.6 is 11.3 Å². The largest absolute Gasteiger partial charge is 0.339 e. The molecule has 0 unspecified atom stereocenters. The molecule has 1 heterocycles. The summed E-state index contributed by atoms with van der Waals surface area (Å²) in [7, 11) is 1.76. The van der Waals surface area contributed by atoms with E-state index in [2.05, 4.69) is 4.98 Å². The number of nitro groups is 1. The Balaban J connectivity index is 2.04. The number of thiazole rings is 1. The molecule has 0 spiro atoms. The lowest BCUT2D eigenvalue weighted by Crippen LogP contribution is -2.22. The van der Waals surface area contributed by atoms with Crippen LogP contribution in [0.1, 0.15) is 26.3 Å². The van der Waals surface area contributed by atoms with Crippen molar-refractivity contribution in [3.8, 4) is 0 Å². The molecule has 0 bridgehead atoms. The van der Waals surface area contributed by atoms with Gasteiger partial charge in [0.15, 0.2) is 5.78 Å². The number of nitro benzene ring substituents is 1. The van der Waals surface area contributed by atoms with E-state index in [0.29, 0.717) is 20.4 Å². The van der Waals surface area contributed by atoms with Gasteiger partial charge in [0.2, 0.25) is 0 Å². The number of anilines is 2. The first-order valence-corrected chi connectivity index (χ1v) is 10.4. The van der Waals surface area contributed by atoms with Crippen molar-refractivity contribution in [2.45, 2.75) is 20.8 Å². The van der Waals surface area contributed by atoms with Gasteiger partial charge in [0.1, 0.15) is 5.69 Å². The summed E-state index contributed by atoms with van der Waals surface area (Å²) in [6.07, 6.45) is 3.01. The highest BCUT2D eigenvalue weighted by molar-refractivity contribution is 7.07. The number of carbonyl (C=O) groups excluding carboxylic acids is 1. The van der Waals surface area contributed by atoms with Gasteiger partial charge in [-0.15, -0.1) is 11.3 Å². The van der Waals surface area contributed by atoms with Crippen LogP contribution in [0, 0.1) is 15.5 Å². The summed E-state index contributed by atoms with van der Waals surface area (Å²) in [5.74, 6) is -0.0968. The van der Waals surface area contributed by atoms with Crippen molar-refractivity contribution in [2.75, 3.05) is 11.9 Å². The first kappa shape index (κ1) is 22.2. The van der Waals surface area contributed by atoms with Crippen LogP contribution in [0.5, 0.6) is 0 Å². The topological polar surface area (TPSA) is 96.3 Å². The molecule has 0 amide bonds. The number of ketones is 1. The minimum atomic E-state index is -0.550. The van der Waals surface area contributed by atoms with Crippen molar-refractivity contribution in [2.24, 2.45) is 5.41 Å². The second kappa shape index (κ2) is 8.69. The summed E-state index contributed by atoms with van der Waals surface area (Å²) < 4.78 is 0.817. The summed E-state index contributed by atoms with van der Waals surface area (Å²) in [6.45, 7) is 5.41. The third-order valence-electron chi connectivity index (χ3n) is 4.68. The predicted octanol–water partition coefficient (Wildman–Crippen LogP) is 3.34. The van der Waals surface area contributed by atoms with Crippen molar-refractivity contribution < 1.29 is 9.72 Å². The molecule has 0 aliphatic carbocycles. The monoisotopic (exact) mass is 437 g/mol. The molecule has 1 N–H and O–H groups in total. The van der Waals surface area contributed by atoms with Crippen molar-refractivity contribution in [3.05, 3.63) is 83.8 Å². The van der Waals surface area contributed by atoms with Gasteiger partial charge in [0.25, 0.3) is 11.2 Å². The fourth-order valence-electron chi connectivity index (χ4n) is 2.86. The number of aromatic nitrogens is 1. The average molecular weight is 438 g/mol. The summed E-state index contributed by atoms with van der Waals surface area (Å²) in [6, 6.07) is 14.2. The summed E-state index contributed by atoms with van der Waals surface area (Å²) in [5.41, 5.74) is 0.831. The number of aromatic amines is 1. The number of Topliss-reactive ketones (excluding diaryl/α,β-unsaturated/α-hetero) is 1. The lowest BCUT2D eigenvalue weighted by molar-refractivity contribution is -0.384. The zero-order valence-corrected chi connectivity index (χ0v) is 18.5. The van der Waals surface area contributed by atoms with Gasteiger partial charge in [-0.05, 0) is 29.8 Å². The molecule has 2 aromatic carbocycles. The van der Waals surface area contributed by atoms with E-state index in [9.17, 15) is 19.7 Å². The van der Waals surface area contributed by atoms with Gasteiger partial charge in [-0.3, -0.25) is 19.7 Å². The minimum absolute atomic E-state index is 0.0669. The van der Waals surface area contributed by atoms with Crippen LogP contribution in [0.2, 0.25) is 0 Å². The van der Waals surface area contributed by atoms with Gasteiger partial charge in [-0.25, -0.2) is 0 Å². The Kier molecular flexibility index (Phi) is 6.21. The first-order valence-electron chi connectivity index (χ1n) is 9.60. The number of nitrogens with one attached hydrogen (secondary N) is 1. The molecule has 7 nitrogen and oxygen atoms in total. The fraction of sp³-hybridized carbons (Fsp3) is 0.217. The molecule has 0 saturated carbocycles. The minimum Gasteiger partial charge on any atom is -0.339 e. The van der Waals surface area contributed by atoms with Crippen LogP contribution < -0.4 is 19.7 Å². The van der Waals surface area contributed by atoms with Crippen molar-refractivity contribution in [1.82, 2.24) is 4.98 Å². The van der Waals surface area contributed by atoms with Gasteiger partial charge >= 0.3 is 0 Å². The SMILES string of the molecule is CN(c1ccccc1)c1ccc(C=c2sc(=CC(=O)C(C)(C)C)[nH]c2=O)cc1[N+](=O)[O-]. The summed E-state index contributed by atoms with van der Waals surface area (Å²) in [4.78, 5) is 40.2. The first-order chi connectivity index (χ1) is 14.6. The van der Waals surface area contributed by atoms with E-state index in [4.69, 9.17) is 0 Å². The summed E-state index contributed by atoms with van der Waals surface area (Å²) in [5, 5.41) is 11.7. The van der Waals surface area contributed by atoms with Gasteiger partial charge in [0.05, 0.1) is 14.1 Å². The van der Waals surface area contributed by atoms with Crippen LogP contribution in [0.4, 0.5) is 17.1 Å². The standard InChI is InChI=1S/C23H23N3O4S/c1-23(2,3)20(27)14-21-24-22(28)19(31-21)13-15-10-11-17(18(12-15)26(29)30)25(4)16-8-6-5-7-9-16/h5-14H,1-4H3,(H,24,28). The van der Waals surface area contributed by atoms with E-state index < -0.39 is 10.3 Å². The Morgan fingerprint density at radius 1 is 1.16 bits per heavy atom. The molecule has 0 fully saturated rings. The molecule has 0 atom stereocenters. The number of benzene rings is 2. The van der Waals surface area contributed by atoms with Crippen LogP contribution in [0.25, 0.3) is 12.2 Å². The van der Waals surface area contributed by atoms with Gasteiger partial charge in [0, 0.05) is 30.3 Å². The Morgan fingerprint density at radius 2 is 1.84 bits per heavy atom. The molecule has 0 radical (unpaired) electrons. The van der Waals surface area contributed by atoms with Crippen LogP contribution in [0.3, 0.4) is 0 Å². The van der Waals surface area contributed by atoms with E-state index in [0.717, 1.165) is 17.0 Å². The van der Waals surface area contributed by atoms with Crippen molar-refractivity contribution >= 4 is 46.3 Å². The van der Waals surface area contributed by atoms with Crippen molar-refractivity contribution in [1.29, 1.82) is 0 Å². The quantitative estimate of drug-likeness (QED) is 0.488. The Bertz CT molecular complexity index is 1300. The highest BCUT2D eigenvalue weighted by Crippen LogP contribution is 2.33. The number of para-hydroxylation sites is 1. The van der Waals surface area contributed by atoms with E-state index in [1.165, 1.54) is 12.1 Å². The molecule has 31 heavy (non-hydrogen) atoms. The number of rotatable bonds is 5. The van der Waals surface area contributed by atoms with Crippen LogP contribution in [-0.4, -0.2) is 22.7 Å².